The highest BCUT2D eigenvalue weighted by atomic mass is 35.5. The number of carbonyl (C=O) groups is 1. The average molecular weight is 449 g/mol. The van der Waals surface area contributed by atoms with Gasteiger partial charge in [-0.1, -0.05) is 47.1 Å². The third-order valence-electron chi connectivity index (χ3n) is 3.73. The van der Waals surface area contributed by atoms with Crippen LogP contribution in [-0.4, -0.2) is 26.4 Å². The second-order valence-electron chi connectivity index (χ2n) is 5.89. The van der Waals surface area contributed by atoms with Gasteiger partial charge in [0.2, 0.25) is 5.91 Å². The Morgan fingerprint density at radius 3 is 2.69 bits per heavy atom. The highest BCUT2D eigenvalue weighted by Gasteiger charge is 2.14. The first-order valence-corrected chi connectivity index (χ1v) is 10.4. The number of benzene rings is 2. The predicted molar refractivity (Wildman–Crippen MR) is 117 cm³/mol. The number of hydrogen-bond donors (Lipinski definition) is 1. The fraction of sp³-hybridized carbons (Fsp3) is 0.150. The third-order valence-corrected chi connectivity index (χ3v) is 5.18. The van der Waals surface area contributed by atoms with Crippen LogP contribution in [-0.2, 0) is 17.9 Å². The van der Waals surface area contributed by atoms with Crippen LogP contribution in [0.5, 0.6) is 5.75 Å². The van der Waals surface area contributed by atoms with Crippen molar-refractivity contribution in [3.63, 3.8) is 0 Å². The van der Waals surface area contributed by atoms with Gasteiger partial charge < -0.3 is 10.1 Å². The molecule has 1 aromatic heterocycles. The standard InChI is InChI=1S/C20H18Cl2N4O2S/c1-2-10-26-18(12-28-17-8-6-14(21)7-9-17)24-25-20(26)29-13-19(27)23-16-5-3-4-15(22)11-16/h2-9,11H,1,10,12-13H2,(H,23,27). The maximum atomic E-state index is 12.2. The van der Waals surface area contributed by atoms with E-state index in [9.17, 15) is 4.79 Å². The van der Waals surface area contributed by atoms with Crippen LogP contribution in [0, 0.1) is 0 Å². The lowest BCUT2D eigenvalue weighted by molar-refractivity contribution is -0.113. The zero-order valence-corrected chi connectivity index (χ0v) is 17.7. The highest BCUT2D eigenvalue weighted by Crippen LogP contribution is 2.21. The van der Waals surface area contributed by atoms with Crippen LogP contribution in [0.25, 0.3) is 0 Å². The lowest BCUT2D eigenvalue weighted by Crippen LogP contribution is -2.15. The van der Waals surface area contributed by atoms with Gasteiger partial charge in [-0.05, 0) is 42.5 Å². The molecule has 2 aromatic carbocycles. The normalized spacial score (nSPS) is 10.6. The van der Waals surface area contributed by atoms with E-state index in [1.807, 2.05) is 4.57 Å². The molecular weight excluding hydrogens is 431 g/mol. The zero-order chi connectivity index (χ0) is 20.6. The number of ether oxygens (including phenoxy) is 1. The van der Waals surface area contributed by atoms with Crippen LogP contribution in [0.15, 0.2) is 66.3 Å². The fourth-order valence-electron chi connectivity index (χ4n) is 2.42. The molecule has 3 rings (SSSR count). The van der Waals surface area contributed by atoms with E-state index in [0.717, 1.165) is 0 Å². The zero-order valence-electron chi connectivity index (χ0n) is 15.3. The Morgan fingerprint density at radius 1 is 1.17 bits per heavy atom. The number of carbonyl (C=O) groups excluding carboxylic acids is 1. The van der Waals surface area contributed by atoms with Crippen LogP contribution in [0.4, 0.5) is 5.69 Å². The van der Waals surface area contributed by atoms with Crippen molar-refractivity contribution in [3.05, 3.63) is 77.1 Å². The van der Waals surface area contributed by atoms with Crippen LogP contribution < -0.4 is 10.1 Å². The van der Waals surface area contributed by atoms with Crippen molar-refractivity contribution in [2.75, 3.05) is 11.1 Å². The minimum atomic E-state index is -0.163. The second-order valence-corrected chi connectivity index (χ2v) is 7.70. The molecule has 6 nitrogen and oxygen atoms in total. The Kier molecular flexibility index (Phi) is 7.57. The molecule has 3 aromatic rings. The van der Waals surface area contributed by atoms with Gasteiger partial charge in [0.15, 0.2) is 11.0 Å². The molecule has 0 bridgehead atoms. The summed E-state index contributed by atoms with van der Waals surface area (Å²) in [7, 11) is 0. The number of amides is 1. The van der Waals surface area contributed by atoms with E-state index in [-0.39, 0.29) is 18.3 Å². The second kappa shape index (κ2) is 10.3. The van der Waals surface area contributed by atoms with Crippen molar-refractivity contribution < 1.29 is 9.53 Å². The molecule has 0 aliphatic heterocycles. The molecule has 0 aliphatic carbocycles. The van der Waals surface area contributed by atoms with E-state index < -0.39 is 0 Å². The monoisotopic (exact) mass is 448 g/mol. The number of halogens is 2. The minimum absolute atomic E-state index is 0.163. The quantitative estimate of drug-likeness (QED) is 0.365. The maximum Gasteiger partial charge on any atom is 0.234 e. The molecule has 0 saturated heterocycles. The van der Waals surface area contributed by atoms with Crippen LogP contribution in [0.2, 0.25) is 10.0 Å². The Morgan fingerprint density at radius 2 is 1.97 bits per heavy atom. The summed E-state index contributed by atoms with van der Waals surface area (Å²) in [6, 6.07) is 14.1. The van der Waals surface area contributed by atoms with E-state index >= 15 is 0 Å². The van der Waals surface area contributed by atoms with E-state index in [2.05, 4.69) is 22.1 Å². The van der Waals surface area contributed by atoms with Crippen molar-refractivity contribution in [2.45, 2.75) is 18.3 Å². The molecule has 0 radical (unpaired) electrons. The molecule has 1 heterocycles. The molecule has 1 amide bonds. The first kappa shape index (κ1) is 21.2. The minimum Gasteiger partial charge on any atom is -0.486 e. The number of allylic oxidation sites excluding steroid dienone is 1. The smallest absolute Gasteiger partial charge is 0.234 e. The summed E-state index contributed by atoms with van der Waals surface area (Å²) in [6.45, 7) is 4.51. The van der Waals surface area contributed by atoms with Crippen molar-refractivity contribution in [1.29, 1.82) is 0 Å². The number of rotatable bonds is 9. The van der Waals surface area contributed by atoms with Crippen molar-refractivity contribution in [2.24, 2.45) is 0 Å². The fourth-order valence-corrected chi connectivity index (χ4v) is 3.50. The third kappa shape index (κ3) is 6.25. The molecule has 0 aliphatic rings. The van der Waals surface area contributed by atoms with Crippen molar-refractivity contribution in [3.8, 4) is 5.75 Å². The molecule has 0 saturated carbocycles. The molecule has 0 spiro atoms. The van der Waals surface area contributed by atoms with Gasteiger partial charge in [0, 0.05) is 22.3 Å². The van der Waals surface area contributed by atoms with Gasteiger partial charge in [-0.25, -0.2) is 0 Å². The van der Waals surface area contributed by atoms with Crippen LogP contribution in [0.3, 0.4) is 0 Å². The average Bonchev–Trinajstić information content (AvgIpc) is 3.08. The van der Waals surface area contributed by atoms with Gasteiger partial charge >= 0.3 is 0 Å². The summed E-state index contributed by atoms with van der Waals surface area (Å²) in [5, 5.41) is 13.0. The topological polar surface area (TPSA) is 69.0 Å². The molecular formula is C20H18Cl2N4O2S. The van der Waals surface area contributed by atoms with Gasteiger partial charge in [0.25, 0.3) is 0 Å². The SMILES string of the molecule is C=CCn1c(COc2ccc(Cl)cc2)nnc1SCC(=O)Nc1cccc(Cl)c1. The largest absolute Gasteiger partial charge is 0.486 e. The number of aromatic nitrogens is 3. The van der Waals surface area contributed by atoms with Crippen molar-refractivity contribution >= 4 is 46.6 Å². The molecule has 150 valence electrons. The van der Waals surface area contributed by atoms with E-state index in [1.54, 1.807) is 54.6 Å². The van der Waals surface area contributed by atoms with Gasteiger partial charge in [-0.3, -0.25) is 9.36 Å². The van der Waals surface area contributed by atoms with E-state index in [0.29, 0.717) is 39.0 Å². The van der Waals surface area contributed by atoms with Gasteiger partial charge in [-0.2, -0.15) is 0 Å². The predicted octanol–water partition coefficient (Wildman–Crippen LogP) is 5.08. The summed E-state index contributed by atoms with van der Waals surface area (Å²) in [5.41, 5.74) is 0.646. The first-order chi connectivity index (χ1) is 14.0. The Labute approximate surface area is 182 Å². The Balaban J connectivity index is 1.60. The maximum absolute atomic E-state index is 12.2. The number of nitrogens with zero attached hydrogens (tertiary/aromatic N) is 3. The molecule has 29 heavy (non-hydrogen) atoms. The van der Waals surface area contributed by atoms with Gasteiger partial charge in [0.05, 0.1) is 5.75 Å². The lowest BCUT2D eigenvalue weighted by atomic mass is 10.3. The number of anilines is 1. The number of hydrogen-bond acceptors (Lipinski definition) is 5. The summed E-state index contributed by atoms with van der Waals surface area (Å²) in [5.74, 6) is 1.33. The van der Waals surface area contributed by atoms with Gasteiger partial charge in [0.1, 0.15) is 12.4 Å². The number of thioether (sulfide) groups is 1. The summed E-state index contributed by atoms with van der Waals surface area (Å²) in [6.07, 6.45) is 1.74. The Hall–Kier alpha value is -2.48. The molecule has 0 atom stereocenters. The molecule has 1 N–H and O–H groups in total. The first-order valence-electron chi connectivity index (χ1n) is 8.64. The van der Waals surface area contributed by atoms with E-state index in [4.69, 9.17) is 27.9 Å². The van der Waals surface area contributed by atoms with Gasteiger partial charge in [-0.15, -0.1) is 16.8 Å². The highest BCUT2D eigenvalue weighted by molar-refractivity contribution is 7.99. The number of nitrogens with one attached hydrogen (secondary N) is 1. The summed E-state index contributed by atoms with van der Waals surface area (Å²) < 4.78 is 7.61. The molecule has 0 unspecified atom stereocenters. The molecule has 9 heteroatoms. The lowest BCUT2D eigenvalue weighted by Gasteiger charge is -2.09. The summed E-state index contributed by atoms with van der Waals surface area (Å²) in [4.78, 5) is 12.2. The van der Waals surface area contributed by atoms with Crippen LogP contribution >= 0.6 is 35.0 Å². The molecule has 0 fully saturated rings. The van der Waals surface area contributed by atoms with Crippen molar-refractivity contribution in [1.82, 2.24) is 14.8 Å². The Bertz CT molecular complexity index is 992. The van der Waals surface area contributed by atoms with Crippen LogP contribution in [0.1, 0.15) is 5.82 Å². The summed E-state index contributed by atoms with van der Waals surface area (Å²) >= 11 is 13.1. The van der Waals surface area contributed by atoms with E-state index in [1.165, 1.54) is 11.8 Å².